The Kier molecular flexibility index (Phi) is 8.01. The first-order valence-electron chi connectivity index (χ1n) is 19.5. The van der Waals surface area contributed by atoms with E-state index in [1.165, 1.54) is 26.3 Å². The largest absolute Gasteiger partial charge is 0.456 e. The Morgan fingerprint density at radius 1 is 0.351 bits per heavy atom. The van der Waals surface area contributed by atoms with Crippen molar-refractivity contribution in [2.24, 2.45) is 0 Å². The van der Waals surface area contributed by atoms with Crippen molar-refractivity contribution in [2.75, 3.05) is 0 Å². The van der Waals surface area contributed by atoms with E-state index in [-0.39, 0.29) is 0 Å². The second-order valence-electron chi connectivity index (χ2n) is 14.7. The quantitative estimate of drug-likeness (QED) is 0.120. The lowest BCUT2D eigenvalue weighted by molar-refractivity contribution is 0.669. The van der Waals surface area contributed by atoms with Gasteiger partial charge in [-0.25, -0.2) is 4.98 Å². The Labute approximate surface area is 332 Å². The van der Waals surface area contributed by atoms with Crippen LogP contribution in [0.5, 0.6) is 0 Å². The molecule has 0 radical (unpaired) electrons. The molecule has 0 atom stereocenters. The number of para-hydroxylation sites is 2. The Morgan fingerprint density at radius 3 is 1.70 bits per heavy atom. The molecule has 0 N–H and O–H groups in total. The summed E-state index contributed by atoms with van der Waals surface area (Å²) in [6.07, 6.45) is 0. The van der Waals surface area contributed by atoms with Gasteiger partial charge in [-0.05, 0) is 70.8 Å². The molecule has 268 valence electrons. The fourth-order valence-electron chi connectivity index (χ4n) is 8.63. The summed E-state index contributed by atoms with van der Waals surface area (Å²) in [4.78, 5) is 5.52. The van der Waals surface area contributed by atoms with E-state index in [4.69, 9.17) is 9.40 Å². The highest BCUT2D eigenvalue weighted by Gasteiger charge is 2.21. The zero-order valence-corrected chi connectivity index (χ0v) is 32.2. The molecule has 57 heavy (non-hydrogen) atoms. The third kappa shape index (κ3) is 5.86. The van der Waals surface area contributed by atoms with Gasteiger partial charge in [0.25, 0.3) is 0 Å². The number of rotatable bonds is 7. The average molecular weight is 745 g/mol. The second kappa shape index (κ2) is 13.8. The van der Waals surface area contributed by atoms with Crippen molar-refractivity contribution in [1.29, 1.82) is 0 Å². The molecule has 0 aliphatic rings. The molecule has 3 aromatic heterocycles. The van der Waals surface area contributed by atoms with Crippen LogP contribution in [0.1, 0.15) is 0 Å². The number of fused-ring (bicyclic) bond motifs is 6. The SMILES string of the molecule is c1ccc(-c2cc(-c3cccc([SiH](c4ccccc4)c4ccccc4)c3)nc(-n3c4ccccc4c4cc(-c5ccc6oc7ccccc7c6c5)ccc43)c2)cc1. The number of hydrogen-bond acceptors (Lipinski definition) is 2. The lowest BCUT2D eigenvalue weighted by atomic mass is 10.0. The van der Waals surface area contributed by atoms with E-state index in [2.05, 4.69) is 205 Å². The summed E-state index contributed by atoms with van der Waals surface area (Å²) in [6, 6.07) is 76.6. The summed E-state index contributed by atoms with van der Waals surface area (Å²) < 4.78 is 8.50. The zero-order chi connectivity index (χ0) is 37.7. The van der Waals surface area contributed by atoms with Gasteiger partial charge in [-0.2, -0.15) is 0 Å². The molecule has 3 nitrogen and oxygen atoms in total. The van der Waals surface area contributed by atoms with Crippen molar-refractivity contribution < 1.29 is 4.42 Å². The number of nitrogens with zero attached hydrogens (tertiary/aromatic N) is 2. The molecule has 3 heterocycles. The first kappa shape index (κ1) is 33.1. The van der Waals surface area contributed by atoms with E-state index in [9.17, 15) is 0 Å². The van der Waals surface area contributed by atoms with E-state index in [0.29, 0.717) is 0 Å². The highest BCUT2D eigenvalue weighted by atomic mass is 28.3. The minimum Gasteiger partial charge on any atom is -0.456 e. The van der Waals surface area contributed by atoms with Crippen molar-refractivity contribution in [1.82, 2.24) is 9.55 Å². The van der Waals surface area contributed by atoms with Gasteiger partial charge in [0.05, 0.1) is 16.7 Å². The molecular weight excluding hydrogens is 709 g/mol. The van der Waals surface area contributed by atoms with Crippen LogP contribution in [0, 0.1) is 0 Å². The van der Waals surface area contributed by atoms with Gasteiger partial charge in [0.15, 0.2) is 0 Å². The predicted octanol–water partition coefficient (Wildman–Crippen LogP) is 11.3. The number of furan rings is 1. The Morgan fingerprint density at radius 2 is 0.930 bits per heavy atom. The van der Waals surface area contributed by atoms with Gasteiger partial charge in [-0.3, -0.25) is 4.57 Å². The second-order valence-corrected chi connectivity index (χ2v) is 17.6. The molecule has 0 amide bonds. The fourth-order valence-corrected chi connectivity index (χ4v) is 11.6. The lowest BCUT2D eigenvalue weighted by Gasteiger charge is -2.18. The van der Waals surface area contributed by atoms with E-state index >= 15 is 0 Å². The molecule has 4 heteroatoms. The van der Waals surface area contributed by atoms with Crippen LogP contribution in [0.2, 0.25) is 0 Å². The molecule has 11 aromatic rings. The smallest absolute Gasteiger partial charge is 0.138 e. The highest BCUT2D eigenvalue weighted by molar-refractivity contribution is 6.95. The van der Waals surface area contributed by atoms with Gasteiger partial charge in [-0.15, -0.1) is 0 Å². The first-order valence-corrected chi connectivity index (χ1v) is 21.2. The predicted molar refractivity (Wildman–Crippen MR) is 241 cm³/mol. The van der Waals surface area contributed by atoms with E-state index in [1.807, 2.05) is 12.1 Å². The van der Waals surface area contributed by atoms with E-state index < -0.39 is 8.80 Å². The molecule has 0 fully saturated rings. The third-order valence-corrected chi connectivity index (χ3v) is 14.4. The van der Waals surface area contributed by atoms with Crippen LogP contribution < -0.4 is 15.6 Å². The molecule has 0 saturated carbocycles. The summed E-state index contributed by atoms with van der Waals surface area (Å²) >= 11 is 0. The highest BCUT2D eigenvalue weighted by Crippen LogP contribution is 2.38. The number of hydrogen-bond donors (Lipinski definition) is 0. The molecule has 0 aliphatic heterocycles. The molecule has 11 rings (SSSR count). The standard InChI is InChI=1S/C53H36N2OSi/c1-4-15-36(16-5-1)40-34-48(39-17-14-22-43(31-39)57(41-18-6-2-7-19-41)42-20-8-3-9-21-42)54-53(35-40)55-49-25-12-10-23-44(49)46-32-37(27-29-50(46)55)38-28-30-52-47(33-38)45-24-11-13-26-51(45)56-52/h1-35,57H. The Balaban J connectivity index is 1.09. The maximum absolute atomic E-state index is 6.16. The van der Waals surface area contributed by atoms with Crippen molar-refractivity contribution in [3.63, 3.8) is 0 Å². The molecule has 0 saturated heterocycles. The summed E-state index contributed by atoms with van der Waals surface area (Å²) in [7, 11) is -1.75. The maximum Gasteiger partial charge on any atom is 0.138 e. The summed E-state index contributed by atoms with van der Waals surface area (Å²) in [5, 5.41) is 8.81. The molecular formula is C53H36N2OSi. The Bertz CT molecular complexity index is 3200. The van der Waals surface area contributed by atoms with E-state index in [0.717, 1.165) is 72.3 Å². The lowest BCUT2D eigenvalue weighted by Crippen LogP contribution is -2.51. The van der Waals surface area contributed by atoms with Gasteiger partial charge < -0.3 is 4.42 Å². The minimum atomic E-state index is -1.75. The van der Waals surface area contributed by atoms with Crippen molar-refractivity contribution in [2.45, 2.75) is 0 Å². The molecule has 0 unspecified atom stereocenters. The summed E-state index contributed by atoms with van der Waals surface area (Å²) in [5.41, 5.74) is 10.7. The Hall–Kier alpha value is -7.27. The van der Waals surface area contributed by atoms with Crippen LogP contribution in [0.4, 0.5) is 0 Å². The minimum absolute atomic E-state index is 0.891. The molecule has 0 aliphatic carbocycles. The normalized spacial score (nSPS) is 11.7. The third-order valence-electron chi connectivity index (χ3n) is 11.3. The first-order chi connectivity index (χ1) is 28.2. The van der Waals surface area contributed by atoms with Gasteiger partial charge in [0.1, 0.15) is 25.8 Å². The van der Waals surface area contributed by atoms with Crippen LogP contribution in [0.25, 0.3) is 83.1 Å². The molecule has 0 spiro atoms. The van der Waals surface area contributed by atoms with Crippen molar-refractivity contribution in [3.8, 4) is 39.3 Å². The van der Waals surface area contributed by atoms with Gasteiger partial charge in [0.2, 0.25) is 0 Å². The zero-order valence-electron chi connectivity index (χ0n) is 31.1. The topological polar surface area (TPSA) is 31.0 Å². The van der Waals surface area contributed by atoms with Gasteiger partial charge in [-0.1, -0.05) is 179 Å². The van der Waals surface area contributed by atoms with Crippen LogP contribution in [0.15, 0.2) is 217 Å². The molecule has 8 aromatic carbocycles. The average Bonchev–Trinajstić information content (AvgIpc) is 3.83. The van der Waals surface area contributed by atoms with Crippen LogP contribution in [0.3, 0.4) is 0 Å². The van der Waals surface area contributed by atoms with Gasteiger partial charge in [0, 0.05) is 27.1 Å². The fraction of sp³-hybridized carbons (Fsp3) is 0. The maximum atomic E-state index is 6.16. The number of aromatic nitrogens is 2. The van der Waals surface area contributed by atoms with Gasteiger partial charge >= 0.3 is 0 Å². The monoisotopic (exact) mass is 744 g/mol. The van der Waals surface area contributed by atoms with E-state index in [1.54, 1.807) is 0 Å². The molecule has 0 bridgehead atoms. The van der Waals surface area contributed by atoms with Crippen LogP contribution in [-0.4, -0.2) is 18.3 Å². The van der Waals surface area contributed by atoms with Crippen molar-refractivity contribution >= 4 is 68.1 Å². The van der Waals surface area contributed by atoms with Crippen LogP contribution in [-0.2, 0) is 0 Å². The number of pyridine rings is 1. The van der Waals surface area contributed by atoms with Crippen molar-refractivity contribution in [3.05, 3.63) is 212 Å². The number of benzene rings is 8. The summed E-state index contributed by atoms with van der Waals surface area (Å²) in [5.74, 6) is 0.891. The summed E-state index contributed by atoms with van der Waals surface area (Å²) in [6.45, 7) is 0. The van der Waals surface area contributed by atoms with Crippen LogP contribution >= 0.6 is 0 Å².